The monoisotopic (exact) mass is 323 g/mol. The van der Waals surface area contributed by atoms with E-state index in [-0.39, 0.29) is 18.4 Å². The van der Waals surface area contributed by atoms with Crippen molar-refractivity contribution in [3.05, 3.63) is 66.0 Å². The van der Waals surface area contributed by atoms with Crippen LogP contribution < -0.4 is 5.32 Å². The highest BCUT2D eigenvalue weighted by Gasteiger charge is 2.15. The normalized spacial score (nSPS) is 13.6. The lowest BCUT2D eigenvalue weighted by molar-refractivity contribution is -0.121. The molecular formula is C19H21N3O2. The summed E-state index contributed by atoms with van der Waals surface area (Å²) in [5.41, 5.74) is 2.57. The molecule has 0 aliphatic carbocycles. The van der Waals surface area contributed by atoms with E-state index in [9.17, 15) is 9.90 Å². The zero-order chi connectivity index (χ0) is 16.9. The number of hydrogen-bond acceptors (Lipinski definition) is 3. The third-order valence-electron chi connectivity index (χ3n) is 4.06. The molecule has 5 heteroatoms. The summed E-state index contributed by atoms with van der Waals surface area (Å²) in [5, 5.41) is 14.2. The number of nitrogens with one attached hydrogen (secondary N) is 2. The first-order valence-electron chi connectivity index (χ1n) is 8.07. The first kappa shape index (κ1) is 16.2. The zero-order valence-electron chi connectivity index (χ0n) is 13.6. The van der Waals surface area contributed by atoms with Crippen molar-refractivity contribution in [3.63, 3.8) is 0 Å². The third-order valence-corrected chi connectivity index (χ3v) is 4.06. The van der Waals surface area contributed by atoms with Crippen molar-refractivity contribution in [2.75, 3.05) is 0 Å². The van der Waals surface area contributed by atoms with Crippen LogP contribution in [0, 0.1) is 0 Å². The van der Waals surface area contributed by atoms with Gasteiger partial charge in [-0.15, -0.1) is 0 Å². The van der Waals surface area contributed by atoms with Gasteiger partial charge in [-0.1, -0.05) is 30.3 Å². The number of H-pyrrole nitrogens is 1. The molecule has 2 unspecified atom stereocenters. The van der Waals surface area contributed by atoms with Crippen molar-refractivity contribution in [1.82, 2.24) is 15.3 Å². The smallest absolute Gasteiger partial charge is 0.224 e. The van der Waals surface area contributed by atoms with Gasteiger partial charge < -0.3 is 15.4 Å². The Balaban J connectivity index is 1.56. The van der Waals surface area contributed by atoms with Gasteiger partial charge >= 0.3 is 0 Å². The first-order chi connectivity index (χ1) is 11.6. The maximum Gasteiger partial charge on any atom is 0.224 e. The van der Waals surface area contributed by atoms with E-state index in [0.29, 0.717) is 6.42 Å². The Morgan fingerprint density at radius 1 is 1.25 bits per heavy atom. The number of nitrogens with zero attached hydrogens (tertiary/aromatic N) is 1. The fourth-order valence-corrected chi connectivity index (χ4v) is 2.86. The van der Waals surface area contributed by atoms with Gasteiger partial charge in [0.2, 0.25) is 5.91 Å². The Hall–Kier alpha value is -2.66. The molecule has 3 N–H and O–H groups in total. The van der Waals surface area contributed by atoms with E-state index >= 15 is 0 Å². The van der Waals surface area contributed by atoms with Crippen LogP contribution in [-0.4, -0.2) is 27.0 Å². The highest BCUT2D eigenvalue weighted by atomic mass is 16.3. The summed E-state index contributed by atoms with van der Waals surface area (Å²) in [4.78, 5) is 19.5. The summed E-state index contributed by atoms with van der Waals surface area (Å²) in [6, 6.07) is 13.2. The van der Waals surface area contributed by atoms with Gasteiger partial charge in [0.15, 0.2) is 0 Å². The van der Waals surface area contributed by atoms with Crippen molar-refractivity contribution >= 4 is 16.9 Å². The molecule has 0 saturated heterocycles. The summed E-state index contributed by atoms with van der Waals surface area (Å²) in [5.74, 6) is -0.0625. The van der Waals surface area contributed by atoms with Gasteiger partial charge in [-0.05, 0) is 36.6 Å². The fourth-order valence-electron chi connectivity index (χ4n) is 2.86. The molecule has 0 aliphatic rings. The van der Waals surface area contributed by atoms with Gasteiger partial charge in [-0.3, -0.25) is 4.79 Å². The lowest BCUT2D eigenvalue weighted by atomic mass is 10.0. The predicted octanol–water partition coefficient (Wildman–Crippen LogP) is 2.73. The van der Waals surface area contributed by atoms with Crippen molar-refractivity contribution < 1.29 is 9.90 Å². The van der Waals surface area contributed by atoms with Crippen LogP contribution in [-0.2, 0) is 11.2 Å². The molecule has 0 aliphatic heterocycles. The zero-order valence-corrected chi connectivity index (χ0v) is 13.6. The van der Waals surface area contributed by atoms with Crippen LogP contribution >= 0.6 is 0 Å². The fraction of sp³-hybridized carbons (Fsp3) is 0.263. The Labute approximate surface area is 140 Å². The second kappa shape index (κ2) is 7.27. The van der Waals surface area contributed by atoms with Crippen LogP contribution in [0.25, 0.3) is 11.0 Å². The van der Waals surface area contributed by atoms with E-state index in [1.807, 2.05) is 55.6 Å². The summed E-state index contributed by atoms with van der Waals surface area (Å²) in [6.07, 6.45) is 3.72. The molecule has 0 spiro atoms. The number of aliphatic hydroxyl groups excluding tert-OH is 1. The number of benzene rings is 1. The number of aromatic nitrogens is 2. The van der Waals surface area contributed by atoms with E-state index in [0.717, 1.165) is 22.2 Å². The summed E-state index contributed by atoms with van der Waals surface area (Å²) in [7, 11) is 0. The van der Waals surface area contributed by atoms with Gasteiger partial charge in [-0.2, -0.15) is 0 Å². The summed E-state index contributed by atoms with van der Waals surface area (Å²) >= 11 is 0. The minimum absolute atomic E-state index is 0.0625. The molecule has 0 fully saturated rings. The summed E-state index contributed by atoms with van der Waals surface area (Å²) in [6.45, 7) is 1.90. The minimum Gasteiger partial charge on any atom is -0.388 e. The number of hydrogen-bond donors (Lipinski definition) is 3. The Kier molecular flexibility index (Phi) is 4.91. The molecule has 2 atom stereocenters. The average Bonchev–Trinajstić information content (AvgIpc) is 2.98. The molecule has 124 valence electrons. The van der Waals surface area contributed by atoms with Gasteiger partial charge in [0.1, 0.15) is 5.65 Å². The number of aromatic amines is 1. The average molecular weight is 323 g/mol. The molecule has 2 aromatic heterocycles. The molecular weight excluding hydrogens is 302 g/mol. The molecule has 0 saturated carbocycles. The van der Waals surface area contributed by atoms with E-state index in [1.54, 1.807) is 6.20 Å². The number of carbonyl (C=O) groups is 1. The largest absolute Gasteiger partial charge is 0.388 e. The van der Waals surface area contributed by atoms with Gasteiger partial charge in [0.05, 0.1) is 12.5 Å². The molecule has 3 rings (SSSR count). The molecule has 0 radical (unpaired) electrons. The summed E-state index contributed by atoms with van der Waals surface area (Å²) < 4.78 is 0. The number of pyridine rings is 1. The molecule has 2 heterocycles. The first-order valence-corrected chi connectivity index (χ1v) is 8.07. The van der Waals surface area contributed by atoms with Crippen molar-refractivity contribution in [2.24, 2.45) is 0 Å². The van der Waals surface area contributed by atoms with Crippen molar-refractivity contribution in [1.29, 1.82) is 0 Å². The molecule has 0 bridgehead atoms. The lowest BCUT2D eigenvalue weighted by Gasteiger charge is -2.18. The number of amides is 1. The van der Waals surface area contributed by atoms with Gasteiger partial charge in [0, 0.05) is 23.8 Å². The highest BCUT2D eigenvalue weighted by molar-refractivity contribution is 5.87. The second-order valence-corrected chi connectivity index (χ2v) is 6.02. The predicted molar refractivity (Wildman–Crippen MR) is 93.4 cm³/mol. The van der Waals surface area contributed by atoms with E-state index < -0.39 is 6.10 Å². The van der Waals surface area contributed by atoms with E-state index in [2.05, 4.69) is 15.3 Å². The van der Waals surface area contributed by atoms with Crippen molar-refractivity contribution in [3.8, 4) is 0 Å². The SMILES string of the molecule is CC(CC(O)c1ccccc1)NC(=O)Cc1c[nH]c2ncccc12. The molecule has 5 nitrogen and oxygen atoms in total. The highest BCUT2D eigenvalue weighted by Crippen LogP contribution is 2.18. The Morgan fingerprint density at radius 2 is 2.04 bits per heavy atom. The number of aliphatic hydroxyl groups is 1. The Morgan fingerprint density at radius 3 is 2.83 bits per heavy atom. The lowest BCUT2D eigenvalue weighted by Crippen LogP contribution is -2.34. The second-order valence-electron chi connectivity index (χ2n) is 6.02. The molecule has 24 heavy (non-hydrogen) atoms. The third kappa shape index (κ3) is 3.81. The maximum absolute atomic E-state index is 12.3. The number of rotatable bonds is 6. The Bertz CT molecular complexity index is 814. The number of fused-ring (bicyclic) bond motifs is 1. The molecule has 3 aromatic rings. The molecule has 1 amide bonds. The number of carbonyl (C=O) groups excluding carboxylic acids is 1. The standard InChI is InChI=1S/C19H21N3O2/c1-13(10-17(23)14-6-3-2-4-7-14)22-18(24)11-15-12-21-19-16(15)8-5-9-20-19/h2-9,12-13,17,23H,10-11H2,1H3,(H,20,21)(H,22,24). The van der Waals surface area contributed by atoms with Crippen LogP contribution in [0.1, 0.15) is 30.6 Å². The minimum atomic E-state index is -0.584. The maximum atomic E-state index is 12.3. The van der Waals surface area contributed by atoms with Crippen LogP contribution in [0.4, 0.5) is 0 Å². The molecule has 1 aromatic carbocycles. The van der Waals surface area contributed by atoms with E-state index in [1.165, 1.54) is 0 Å². The van der Waals surface area contributed by atoms with Crippen LogP contribution in [0.15, 0.2) is 54.9 Å². The van der Waals surface area contributed by atoms with Gasteiger partial charge in [-0.25, -0.2) is 4.98 Å². The topological polar surface area (TPSA) is 78.0 Å². The van der Waals surface area contributed by atoms with Crippen molar-refractivity contribution in [2.45, 2.75) is 31.9 Å². The van der Waals surface area contributed by atoms with E-state index in [4.69, 9.17) is 0 Å². The van der Waals surface area contributed by atoms with Crippen LogP contribution in [0.5, 0.6) is 0 Å². The van der Waals surface area contributed by atoms with Gasteiger partial charge in [0.25, 0.3) is 0 Å². The van der Waals surface area contributed by atoms with Crippen LogP contribution in [0.3, 0.4) is 0 Å². The van der Waals surface area contributed by atoms with Crippen LogP contribution in [0.2, 0.25) is 0 Å². The quantitative estimate of drug-likeness (QED) is 0.653.